The first-order chi connectivity index (χ1) is 9.03. The van der Waals surface area contributed by atoms with Crippen LogP contribution in [0, 0.1) is 6.92 Å². The highest BCUT2D eigenvalue weighted by Gasteiger charge is 2.16. The van der Waals surface area contributed by atoms with Crippen molar-refractivity contribution < 1.29 is 4.74 Å². The molecule has 0 aliphatic heterocycles. The smallest absolute Gasteiger partial charge is 0.318 e. The fraction of sp³-hybridized carbons (Fsp3) is 0.733. The van der Waals surface area contributed by atoms with E-state index < -0.39 is 0 Å². The van der Waals surface area contributed by atoms with Gasteiger partial charge >= 0.3 is 6.01 Å². The van der Waals surface area contributed by atoms with Crippen LogP contribution in [0.4, 0.5) is 5.82 Å². The summed E-state index contributed by atoms with van der Waals surface area (Å²) in [5.41, 5.74) is 2.29. The van der Waals surface area contributed by atoms with Gasteiger partial charge in [-0.05, 0) is 41.0 Å². The van der Waals surface area contributed by atoms with Gasteiger partial charge in [-0.1, -0.05) is 13.3 Å². The van der Waals surface area contributed by atoms with Gasteiger partial charge in [-0.15, -0.1) is 0 Å². The van der Waals surface area contributed by atoms with E-state index in [0.717, 1.165) is 37.4 Å². The maximum atomic E-state index is 5.66. The van der Waals surface area contributed by atoms with Crippen LogP contribution in [0.3, 0.4) is 0 Å². The summed E-state index contributed by atoms with van der Waals surface area (Å²) < 4.78 is 5.66. The van der Waals surface area contributed by atoms with Gasteiger partial charge < -0.3 is 9.64 Å². The van der Waals surface area contributed by atoms with Crippen LogP contribution in [0.1, 0.15) is 52.3 Å². The van der Waals surface area contributed by atoms with Crippen LogP contribution >= 0.6 is 0 Å². The highest BCUT2D eigenvalue weighted by molar-refractivity contribution is 5.49. The van der Waals surface area contributed by atoms with E-state index in [1.165, 1.54) is 5.56 Å². The lowest BCUT2D eigenvalue weighted by atomic mass is 10.1. The minimum absolute atomic E-state index is 0.0981. The molecule has 0 aromatic carbocycles. The summed E-state index contributed by atoms with van der Waals surface area (Å²) in [5, 5.41) is 0. The van der Waals surface area contributed by atoms with Gasteiger partial charge in [-0.2, -0.15) is 4.98 Å². The minimum atomic E-state index is 0.0981. The second-order valence-electron chi connectivity index (χ2n) is 4.98. The first-order valence-electron chi connectivity index (χ1n) is 7.32. The third-order valence-corrected chi connectivity index (χ3v) is 3.08. The SMILES string of the molecule is CCCc1c(C)nc(OC(C)C)nc1N(CC)CC. The predicted octanol–water partition coefficient (Wildman–Crippen LogP) is 3.37. The number of hydrogen-bond donors (Lipinski definition) is 0. The molecule has 19 heavy (non-hydrogen) atoms. The van der Waals surface area contributed by atoms with Crippen molar-refractivity contribution in [3.8, 4) is 6.01 Å². The van der Waals surface area contributed by atoms with E-state index in [4.69, 9.17) is 4.74 Å². The first-order valence-corrected chi connectivity index (χ1v) is 7.32. The summed E-state index contributed by atoms with van der Waals surface area (Å²) >= 11 is 0. The van der Waals surface area contributed by atoms with Crippen LogP contribution in [-0.4, -0.2) is 29.2 Å². The third-order valence-electron chi connectivity index (χ3n) is 3.08. The molecule has 0 atom stereocenters. The molecule has 0 spiro atoms. The summed E-state index contributed by atoms with van der Waals surface area (Å²) in [6.45, 7) is 14.4. The van der Waals surface area contributed by atoms with Crippen LogP contribution in [-0.2, 0) is 6.42 Å². The standard InChI is InChI=1S/C15H27N3O/c1-7-10-13-12(6)16-15(19-11(4)5)17-14(13)18(8-2)9-3/h11H,7-10H2,1-6H3. The first kappa shape index (κ1) is 15.7. The molecule has 4 nitrogen and oxygen atoms in total. The number of aromatic nitrogens is 2. The van der Waals surface area contributed by atoms with Crippen LogP contribution in [0.2, 0.25) is 0 Å². The van der Waals surface area contributed by atoms with Gasteiger partial charge in [0.25, 0.3) is 0 Å². The van der Waals surface area contributed by atoms with E-state index >= 15 is 0 Å². The Kier molecular flexibility index (Phi) is 6.06. The number of hydrogen-bond acceptors (Lipinski definition) is 4. The van der Waals surface area contributed by atoms with E-state index in [2.05, 4.69) is 35.6 Å². The van der Waals surface area contributed by atoms with Gasteiger partial charge in [-0.25, -0.2) is 4.98 Å². The van der Waals surface area contributed by atoms with Crippen LogP contribution in [0.15, 0.2) is 0 Å². The van der Waals surface area contributed by atoms with E-state index in [1.807, 2.05) is 20.8 Å². The van der Waals surface area contributed by atoms with Crippen molar-refractivity contribution in [1.29, 1.82) is 0 Å². The summed E-state index contributed by atoms with van der Waals surface area (Å²) in [6, 6.07) is 0.495. The molecular weight excluding hydrogens is 238 g/mol. The van der Waals surface area contributed by atoms with Crippen molar-refractivity contribution in [2.75, 3.05) is 18.0 Å². The van der Waals surface area contributed by atoms with Crippen molar-refractivity contribution in [2.45, 2.75) is 60.5 Å². The fourth-order valence-corrected chi connectivity index (χ4v) is 2.15. The highest BCUT2D eigenvalue weighted by atomic mass is 16.5. The van der Waals surface area contributed by atoms with Gasteiger partial charge in [0.05, 0.1) is 6.10 Å². The molecule has 1 aromatic rings. The Morgan fingerprint density at radius 2 is 1.74 bits per heavy atom. The monoisotopic (exact) mass is 265 g/mol. The molecule has 0 radical (unpaired) electrons. The summed E-state index contributed by atoms with van der Waals surface area (Å²) in [7, 11) is 0. The van der Waals surface area contributed by atoms with Crippen LogP contribution < -0.4 is 9.64 Å². The number of nitrogens with zero attached hydrogens (tertiary/aromatic N) is 3. The van der Waals surface area contributed by atoms with Crippen molar-refractivity contribution in [3.63, 3.8) is 0 Å². The number of rotatable bonds is 7. The molecule has 0 amide bonds. The van der Waals surface area contributed by atoms with E-state index in [1.54, 1.807) is 0 Å². The topological polar surface area (TPSA) is 38.3 Å². The molecule has 0 fully saturated rings. The third kappa shape index (κ3) is 4.08. The zero-order valence-corrected chi connectivity index (χ0v) is 13.2. The number of ether oxygens (including phenoxy) is 1. The molecule has 4 heteroatoms. The van der Waals surface area contributed by atoms with Crippen molar-refractivity contribution in [1.82, 2.24) is 9.97 Å². The lowest BCUT2D eigenvalue weighted by Gasteiger charge is -2.24. The van der Waals surface area contributed by atoms with Gasteiger partial charge in [0.1, 0.15) is 5.82 Å². The van der Waals surface area contributed by atoms with Gasteiger partial charge in [0.15, 0.2) is 0 Å². The molecule has 0 aliphatic rings. The van der Waals surface area contributed by atoms with Gasteiger partial charge in [-0.3, -0.25) is 0 Å². The van der Waals surface area contributed by atoms with Crippen LogP contribution in [0.25, 0.3) is 0 Å². The summed E-state index contributed by atoms with van der Waals surface area (Å²) in [5.74, 6) is 1.04. The minimum Gasteiger partial charge on any atom is -0.461 e. The molecule has 0 saturated heterocycles. The zero-order chi connectivity index (χ0) is 14.4. The molecule has 0 aliphatic carbocycles. The van der Waals surface area contributed by atoms with E-state index in [0.29, 0.717) is 6.01 Å². The second-order valence-corrected chi connectivity index (χ2v) is 4.98. The number of anilines is 1. The molecule has 108 valence electrons. The Balaban J connectivity index is 3.23. The normalized spacial score (nSPS) is 10.9. The van der Waals surface area contributed by atoms with Crippen molar-refractivity contribution >= 4 is 5.82 Å². The lowest BCUT2D eigenvalue weighted by Crippen LogP contribution is -2.26. The molecular formula is C15H27N3O. The molecule has 0 N–H and O–H groups in total. The van der Waals surface area contributed by atoms with E-state index in [-0.39, 0.29) is 6.10 Å². The average Bonchev–Trinajstić information content (AvgIpc) is 2.34. The van der Waals surface area contributed by atoms with E-state index in [9.17, 15) is 0 Å². The summed E-state index contributed by atoms with van der Waals surface area (Å²) in [6.07, 6.45) is 2.21. The molecule has 0 unspecified atom stereocenters. The fourth-order valence-electron chi connectivity index (χ4n) is 2.15. The summed E-state index contributed by atoms with van der Waals surface area (Å²) in [4.78, 5) is 11.4. The Morgan fingerprint density at radius 1 is 1.11 bits per heavy atom. The maximum Gasteiger partial charge on any atom is 0.318 e. The maximum absolute atomic E-state index is 5.66. The quantitative estimate of drug-likeness (QED) is 0.757. The number of aryl methyl sites for hydroxylation is 1. The van der Waals surface area contributed by atoms with Crippen molar-refractivity contribution in [3.05, 3.63) is 11.3 Å². The van der Waals surface area contributed by atoms with Gasteiger partial charge in [0, 0.05) is 24.3 Å². The van der Waals surface area contributed by atoms with Crippen LogP contribution in [0.5, 0.6) is 6.01 Å². The Morgan fingerprint density at radius 3 is 2.21 bits per heavy atom. The highest BCUT2D eigenvalue weighted by Crippen LogP contribution is 2.24. The molecule has 1 rings (SSSR count). The Hall–Kier alpha value is -1.32. The second kappa shape index (κ2) is 7.31. The largest absolute Gasteiger partial charge is 0.461 e. The zero-order valence-electron chi connectivity index (χ0n) is 13.2. The Bertz CT molecular complexity index is 401. The lowest BCUT2D eigenvalue weighted by molar-refractivity contribution is 0.221. The van der Waals surface area contributed by atoms with Gasteiger partial charge in [0.2, 0.25) is 0 Å². The predicted molar refractivity (Wildman–Crippen MR) is 80.1 cm³/mol. The average molecular weight is 265 g/mol. The molecule has 0 saturated carbocycles. The molecule has 1 heterocycles. The Labute approximate surface area is 117 Å². The molecule has 1 aromatic heterocycles. The molecule has 0 bridgehead atoms. The van der Waals surface area contributed by atoms with Crippen molar-refractivity contribution in [2.24, 2.45) is 0 Å².